The van der Waals surface area contributed by atoms with Crippen molar-refractivity contribution < 1.29 is 23.4 Å². The van der Waals surface area contributed by atoms with Gasteiger partial charge in [-0.15, -0.1) is 0 Å². The van der Waals surface area contributed by atoms with Gasteiger partial charge >= 0.3 is 0 Å². The highest BCUT2D eigenvalue weighted by atomic mass is 32.2. The minimum atomic E-state index is -3.36. The molecule has 19 heavy (non-hydrogen) atoms. The van der Waals surface area contributed by atoms with Gasteiger partial charge in [0.05, 0.1) is 30.8 Å². The van der Waals surface area contributed by atoms with Crippen LogP contribution in [0.15, 0.2) is 24.3 Å². The molecule has 0 radical (unpaired) electrons. The maximum Gasteiger partial charge on any atom is 0.153 e. The van der Waals surface area contributed by atoms with Gasteiger partial charge in [0.1, 0.15) is 5.75 Å². The van der Waals surface area contributed by atoms with Gasteiger partial charge in [0.15, 0.2) is 9.84 Å². The third-order valence-electron chi connectivity index (χ3n) is 2.41. The lowest BCUT2D eigenvalue weighted by Gasteiger charge is -2.09. The van der Waals surface area contributed by atoms with Gasteiger partial charge in [-0.2, -0.15) is 0 Å². The number of nitrogens with two attached hydrogens (primary N) is 1. The lowest BCUT2D eigenvalue weighted by Crippen LogP contribution is -2.26. The number of sulfone groups is 1. The maximum absolute atomic E-state index is 11.5. The molecule has 0 spiro atoms. The van der Waals surface area contributed by atoms with E-state index in [4.69, 9.17) is 20.7 Å². The summed E-state index contributed by atoms with van der Waals surface area (Å²) in [4.78, 5) is 0. The van der Waals surface area contributed by atoms with Crippen molar-refractivity contribution in [2.75, 3.05) is 30.5 Å². The third-order valence-corrected chi connectivity index (χ3v) is 4.21. The van der Waals surface area contributed by atoms with Crippen LogP contribution in [0.25, 0.3) is 0 Å². The van der Waals surface area contributed by atoms with E-state index in [-0.39, 0.29) is 12.4 Å². The van der Waals surface area contributed by atoms with Crippen molar-refractivity contribution in [1.29, 1.82) is 0 Å². The number of anilines is 1. The number of rotatable bonds is 8. The second kappa shape index (κ2) is 7.32. The summed E-state index contributed by atoms with van der Waals surface area (Å²) in [5, 5.41) is 17.7. The van der Waals surface area contributed by atoms with Gasteiger partial charge < -0.3 is 20.7 Å². The van der Waals surface area contributed by atoms with Crippen LogP contribution in [-0.2, 0) is 9.84 Å². The summed E-state index contributed by atoms with van der Waals surface area (Å²) in [7, 11) is -3.36. The zero-order valence-electron chi connectivity index (χ0n) is 10.5. The minimum absolute atomic E-state index is 0.0843. The smallest absolute Gasteiger partial charge is 0.153 e. The summed E-state index contributed by atoms with van der Waals surface area (Å²) in [6.45, 7) is -0.292. The fourth-order valence-corrected chi connectivity index (χ4v) is 2.88. The number of aliphatic hydroxyl groups is 2. The van der Waals surface area contributed by atoms with Gasteiger partial charge in [-0.1, -0.05) is 0 Å². The highest BCUT2D eigenvalue weighted by Gasteiger charge is 2.16. The van der Waals surface area contributed by atoms with E-state index in [0.717, 1.165) is 0 Å². The van der Waals surface area contributed by atoms with Crippen LogP contribution in [0.1, 0.15) is 6.42 Å². The van der Waals surface area contributed by atoms with Crippen LogP contribution in [0.5, 0.6) is 5.75 Å². The average molecular weight is 289 g/mol. The molecule has 0 saturated heterocycles. The SMILES string of the molecule is Nc1ccc(OCCCS(=O)(=O)CC(O)CO)cc1. The summed E-state index contributed by atoms with van der Waals surface area (Å²) >= 11 is 0. The Kier molecular flexibility index (Phi) is 6.07. The van der Waals surface area contributed by atoms with Crippen LogP contribution < -0.4 is 10.5 Å². The summed E-state index contributed by atoms with van der Waals surface area (Å²) < 4.78 is 28.4. The van der Waals surface area contributed by atoms with E-state index in [1.54, 1.807) is 24.3 Å². The van der Waals surface area contributed by atoms with Gasteiger partial charge in [-0.25, -0.2) is 8.42 Å². The Balaban J connectivity index is 2.28. The minimum Gasteiger partial charge on any atom is -0.494 e. The summed E-state index contributed by atoms with van der Waals surface area (Å²) in [6, 6.07) is 6.81. The quantitative estimate of drug-likeness (QED) is 0.452. The largest absolute Gasteiger partial charge is 0.494 e. The Bertz CT molecular complexity index is 471. The Morgan fingerprint density at radius 2 is 1.89 bits per heavy atom. The molecule has 4 N–H and O–H groups in total. The van der Waals surface area contributed by atoms with Crippen LogP contribution >= 0.6 is 0 Å². The molecule has 1 aromatic carbocycles. The molecule has 1 atom stereocenters. The van der Waals surface area contributed by atoms with Crippen molar-refractivity contribution in [2.45, 2.75) is 12.5 Å². The first kappa shape index (κ1) is 15.7. The summed E-state index contributed by atoms with van der Waals surface area (Å²) in [5.74, 6) is 0.117. The molecule has 0 fully saturated rings. The van der Waals surface area contributed by atoms with Gasteiger partial charge in [0, 0.05) is 5.69 Å². The molecule has 0 aliphatic rings. The van der Waals surface area contributed by atoms with E-state index in [2.05, 4.69) is 0 Å². The highest BCUT2D eigenvalue weighted by molar-refractivity contribution is 7.91. The van der Waals surface area contributed by atoms with Crippen LogP contribution in [0, 0.1) is 0 Å². The second-order valence-corrected chi connectivity index (χ2v) is 6.45. The molecule has 0 amide bonds. The number of hydrogen-bond donors (Lipinski definition) is 3. The predicted molar refractivity (Wildman–Crippen MR) is 72.7 cm³/mol. The molecule has 6 nitrogen and oxygen atoms in total. The van der Waals surface area contributed by atoms with Crippen molar-refractivity contribution in [1.82, 2.24) is 0 Å². The molecule has 108 valence electrons. The Morgan fingerprint density at radius 1 is 1.26 bits per heavy atom. The number of aliphatic hydroxyl groups excluding tert-OH is 2. The van der Waals surface area contributed by atoms with E-state index in [0.29, 0.717) is 17.9 Å². The van der Waals surface area contributed by atoms with E-state index in [1.807, 2.05) is 0 Å². The zero-order chi connectivity index (χ0) is 14.3. The lowest BCUT2D eigenvalue weighted by atomic mass is 10.3. The monoisotopic (exact) mass is 289 g/mol. The van der Waals surface area contributed by atoms with Crippen LogP contribution in [0.2, 0.25) is 0 Å². The number of hydrogen-bond acceptors (Lipinski definition) is 6. The fraction of sp³-hybridized carbons (Fsp3) is 0.500. The van der Waals surface area contributed by atoms with Crippen molar-refractivity contribution in [3.8, 4) is 5.75 Å². The molecule has 0 saturated carbocycles. The number of ether oxygens (including phenoxy) is 1. The first-order valence-electron chi connectivity index (χ1n) is 5.90. The third kappa shape index (κ3) is 6.42. The van der Waals surface area contributed by atoms with Crippen molar-refractivity contribution in [3.63, 3.8) is 0 Å². The van der Waals surface area contributed by atoms with Crippen LogP contribution in [0.4, 0.5) is 5.69 Å². The van der Waals surface area contributed by atoms with E-state index in [1.165, 1.54) is 0 Å². The average Bonchev–Trinajstić information content (AvgIpc) is 2.36. The Morgan fingerprint density at radius 3 is 2.47 bits per heavy atom. The van der Waals surface area contributed by atoms with Crippen molar-refractivity contribution >= 4 is 15.5 Å². The van der Waals surface area contributed by atoms with Crippen molar-refractivity contribution in [2.24, 2.45) is 0 Å². The van der Waals surface area contributed by atoms with E-state index >= 15 is 0 Å². The molecule has 0 aromatic heterocycles. The maximum atomic E-state index is 11.5. The highest BCUT2D eigenvalue weighted by Crippen LogP contribution is 2.13. The first-order chi connectivity index (χ1) is 8.93. The van der Waals surface area contributed by atoms with Crippen LogP contribution in [0.3, 0.4) is 0 Å². The van der Waals surface area contributed by atoms with Crippen molar-refractivity contribution in [3.05, 3.63) is 24.3 Å². The lowest BCUT2D eigenvalue weighted by molar-refractivity contribution is 0.112. The van der Waals surface area contributed by atoms with Gasteiger partial charge in [-0.05, 0) is 30.7 Å². The molecule has 1 aromatic rings. The summed E-state index contributed by atoms with van der Waals surface area (Å²) in [5.41, 5.74) is 6.15. The molecule has 7 heteroatoms. The first-order valence-corrected chi connectivity index (χ1v) is 7.73. The Hall–Kier alpha value is -1.31. The van der Waals surface area contributed by atoms with E-state index in [9.17, 15) is 8.42 Å². The predicted octanol–water partition coefficient (Wildman–Crippen LogP) is -0.194. The molecular formula is C12H19NO5S. The van der Waals surface area contributed by atoms with E-state index < -0.39 is 28.3 Å². The van der Waals surface area contributed by atoms with Gasteiger partial charge in [0.25, 0.3) is 0 Å². The fourth-order valence-electron chi connectivity index (χ4n) is 1.46. The topological polar surface area (TPSA) is 110 Å². The van der Waals surface area contributed by atoms with Crippen LogP contribution in [-0.4, -0.2) is 49.5 Å². The van der Waals surface area contributed by atoms with Gasteiger partial charge in [-0.3, -0.25) is 0 Å². The molecule has 0 bridgehead atoms. The number of nitrogen functional groups attached to an aromatic ring is 1. The Labute approximate surface area is 112 Å². The van der Waals surface area contributed by atoms with Gasteiger partial charge in [0.2, 0.25) is 0 Å². The zero-order valence-corrected chi connectivity index (χ0v) is 11.3. The normalized spacial score (nSPS) is 13.2. The number of benzene rings is 1. The second-order valence-electron chi connectivity index (χ2n) is 4.22. The molecule has 1 rings (SSSR count). The summed E-state index contributed by atoms with van der Waals surface area (Å²) in [6.07, 6.45) is -0.895. The molecule has 0 aliphatic carbocycles. The molecular weight excluding hydrogens is 270 g/mol. The molecule has 0 aliphatic heterocycles. The standard InChI is InChI=1S/C12H19NO5S/c13-10-2-4-12(5-3-10)18-6-1-7-19(16,17)9-11(15)8-14/h2-5,11,14-15H,1,6-9,13H2. The molecule has 0 heterocycles. The molecule has 1 unspecified atom stereocenters.